The Morgan fingerprint density at radius 3 is 3.03 bits per heavy atom. The zero-order chi connectivity index (χ0) is 23.5. The molecule has 178 valence electrons. The normalized spacial score (nSPS) is 22.3. The lowest BCUT2D eigenvalue weighted by Gasteiger charge is -2.41. The molecular formula is C26H30N4O3S. The van der Waals surface area contributed by atoms with E-state index >= 15 is 0 Å². The summed E-state index contributed by atoms with van der Waals surface area (Å²) in [7, 11) is 1.62. The summed E-state index contributed by atoms with van der Waals surface area (Å²) in [4.78, 5) is 20.7. The molecule has 3 heterocycles. The Morgan fingerprint density at radius 1 is 1.24 bits per heavy atom. The molecule has 0 bridgehead atoms. The van der Waals surface area contributed by atoms with Crippen LogP contribution in [0.4, 0.5) is 5.69 Å². The van der Waals surface area contributed by atoms with Crippen LogP contribution in [0.3, 0.4) is 0 Å². The van der Waals surface area contributed by atoms with Crippen molar-refractivity contribution in [2.45, 2.75) is 61.7 Å². The van der Waals surface area contributed by atoms with Gasteiger partial charge in [-0.15, -0.1) is 0 Å². The molecule has 5 rings (SSSR count). The number of thioether (sulfide) groups is 1. The molecule has 1 aliphatic carbocycles. The van der Waals surface area contributed by atoms with Crippen molar-refractivity contribution in [3.8, 4) is 5.88 Å². The van der Waals surface area contributed by atoms with E-state index in [1.807, 2.05) is 30.5 Å². The predicted molar refractivity (Wildman–Crippen MR) is 134 cm³/mol. The number of pyridine rings is 2. The van der Waals surface area contributed by atoms with Gasteiger partial charge in [0.15, 0.2) is 0 Å². The fourth-order valence-electron chi connectivity index (χ4n) is 4.96. The van der Waals surface area contributed by atoms with Crippen LogP contribution < -0.4 is 15.4 Å². The summed E-state index contributed by atoms with van der Waals surface area (Å²) in [5, 5.41) is 20.0. The third-order valence-corrected chi connectivity index (χ3v) is 7.86. The maximum absolute atomic E-state index is 11.7. The van der Waals surface area contributed by atoms with E-state index in [2.05, 4.69) is 32.7 Å². The molecule has 8 heteroatoms. The molecule has 0 spiro atoms. The SMILES string of the molecule is COc1ccc2cc(CCC3(O)CCCCC3NCc3cnc4c(c3)NC(=O)CS4)ccc2n1. The first-order chi connectivity index (χ1) is 16.5. The Balaban J connectivity index is 1.24. The lowest BCUT2D eigenvalue weighted by atomic mass is 9.76. The summed E-state index contributed by atoms with van der Waals surface area (Å²) < 4.78 is 5.22. The molecule has 7 nitrogen and oxygen atoms in total. The van der Waals surface area contributed by atoms with Crippen LogP contribution in [0.1, 0.15) is 43.2 Å². The molecule has 3 N–H and O–H groups in total. The maximum atomic E-state index is 11.7. The number of benzene rings is 1. The van der Waals surface area contributed by atoms with Crippen LogP contribution in [0.5, 0.6) is 5.88 Å². The monoisotopic (exact) mass is 478 g/mol. The van der Waals surface area contributed by atoms with Gasteiger partial charge in [-0.05, 0) is 61.1 Å². The van der Waals surface area contributed by atoms with Crippen LogP contribution in [0.25, 0.3) is 10.9 Å². The maximum Gasteiger partial charge on any atom is 0.234 e. The molecule has 2 aliphatic rings. The highest BCUT2D eigenvalue weighted by Crippen LogP contribution is 2.34. The quantitative estimate of drug-likeness (QED) is 0.471. The van der Waals surface area contributed by atoms with Gasteiger partial charge in [-0.1, -0.05) is 30.7 Å². The van der Waals surface area contributed by atoms with Crippen molar-refractivity contribution in [2.75, 3.05) is 18.2 Å². The van der Waals surface area contributed by atoms with Crippen molar-refractivity contribution in [1.82, 2.24) is 15.3 Å². The number of aryl methyl sites for hydroxylation is 1. The molecule has 3 aromatic rings. The topological polar surface area (TPSA) is 96.4 Å². The number of amides is 1. The van der Waals surface area contributed by atoms with E-state index in [9.17, 15) is 9.90 Å². The van der Waals surface area contributed by atoms with Gasteiger partial charge in [0.2, 0.25) is 11.8 Å². The molecular weight excluding hydrogens is 448 g/mol. The summed E-state index contributed by atoms with van der Waals surface area (Å²) in [5.74, 6) is 1.03. The van der Waals surface area contributed by atoms with Gasteiger partial charge in [-0.2, -0.15) is 0 Å². The predicted octanol–water partition coefficient (Wildman–Crippen LogP) is 4.08. The number of hydrogen-bond acceptors (Lipinski definition) is 7. The number of methoxy groups -OCH3 is 1. The zero-order valence-electron chi connectivity index (χ0n) is 19.3. The minimum atomic E-state index is -0.753. The summed E-state index contributed by atoms with van der Waals surface area (Å²) in [6.07, 6.45) is 7.26. The third kappa shape index (κ3) is 5.04. The second-order valence-electron chi connectivity index (χ2n) is 9.20. The summed E-state index contributed by atoms with van der Waals surface area (Å²) in [5.41, 5.74) is 3.14. The van der Waals surface area contributed by atoms with E-state index in [0.717, 1.165) is 59.3 Å². The lowest BCUT2D eigenvalue weighted by molar-refractivity contribution is -0.113. The van der Waals surface area contributed by atoms with Crippen molar-refractivity contribution in [3.63, 3.8) is 0 Å². The lowest BCUT2D eigenvalue weighted by Crippen LogP contribution is -2.52. The van der Waals surface area contributed by atoms with Gasteiger partial charge in [0.25, 0.3) is 0 Å². The number of anilines is 1. The molecule has 0 saturated heterocycles. The standard InChI is InChI=1S/C26H30N4O3S/c1-33-24-8-6-19-12-17(5-7-20(19)30-24)9-11-26(32)10-3-2-4-22(26)27-14-18-13-21-25(28-15-18)34-16-23(31)29-21/h5-8,12-13,15,22,27,32H,2-4,9-11,14,16H2,1H3,(H,29,31). The van der Waals surface area contributed by atoms with E-state index in [-0.39, 0.29) is 11.9 Å². The average molecular weight is 479 g/mol. The number of aliphatic hydroxyl groups is 1. The van der Waals surface area contributed by atoms with Gasteiger partial charge in [0.1, 0.15) is 5.03 Å². The Hall–Kier alpha value is -2.68. The minimum Gasteiger partial charge on any atom is -0.481 e. The number of nitrogens with one attached hydrogen (secondary N) is 2. The fraction of sp³-hybridized carbons (Fsp3) is 0.423. The smallest absolute Gasteiger partial charge is 0.234 e. The summed E-state index contributed by atoms with van der Waals surface area (Å²) in [6.45, 7) is 0.608. The van der Waals surface area contributed by atoms with Crippen molar-refractivity contribution in [1.29, 1.82) is 0 Å². The fourth-order valence-corrected chi connectivity index (χ4v) is 5.69. The highest BCUT2D eigenvalue weighted by atomic mass is 32.2. The molecule has 1 saturated carbocycles. The van der Waals surface area contributed by atoms with Crippen molar-refractivity contribution in [2.24, 2.45) is 0 Å². The van der Waals surface area contributed by atoms with Gasteiger partial charge in [0, 0.05) is 30.2 Å². The Morgan fingerprint density at radius 2 is 2.15 bits per heavy atom. The van der Waals surface area contributed by atoms with Crippen LogP contribution >= 0.6 is 11.8 Å². The van der Waals surface area contributed by atoms with Crippen molar-refractivity contribution in [3.05, 3.63) is 53.7 Å². The van der Waals surface area contributed by atoms with Gasteiger partial charge in [0.05, 0.1) is 29.7 Å². The molecule has 0 radical (unpaired) electrons. The number of carbonyl (C=O) groups is 1. The van der Waals surface area contributed by atoms with Gasteiger partial charge in [-0.25, -0.2) is 9.97 Å². The number of aromatic nitrogens is 2. The molecule has 1 aliphatic heterocycles. The van der Waals surface area contributed by atoms with E-state index in [1.165, 1.54) is 17.3 Å². The van der Waals surface area contributed by atoms with Crippen LogP contribution in [0.15, 0.2) is 47.6 Å². The number of carbonyl (C=O) groups excluding carboxylic acids is 1. The molecule has 2 aromatic heterocycles. The largest absolute Gasteiger partial charge is 0.481 e. The highest BCUT2D eigenvalue weighted by Gasteiger charge is 2.38. The number of nitrogens with zero attached hydrogens (tertiary/aromatic N) is 2. The van der Waals surface area contributed by atoms with E-state index in [0.29, 0.717) is 24.6 Å². The minimum absolute atomic E-state index is 0.00896. The van der Waals surface area contributed by atoms with E-state index < -0.39 is 5.60 Å². The van der Waals surface area contributed by atoms with Crippen molar-refractivity contribution >= 4 is 34.3 Å². The summed E-state index contributed by atoms with van der Waals surface area (Å²) >= 11 is 1.46. The highest BCUT2D eigenvalue weighted by molar-refractivity contribution is 8.00. The second kappa shape index (κ2) is 9.90. The Labute approximate surface area is 203 Å². The van der Waals surface area contributed by atoms with Crippen LogP contribution in [-0.2, 0) is 17.8 Å². The second-order valence-corrected chi connectivity index (χ2v) is 10.2. The molecule has 2 atom stereocenters. The zero-order valence-corrected chi connectivity index (χ0v) is 20.2. The average Bonchev–Trinajstić information content (AvgIpc) is 2.86. The molecule has 2 unspecified atom stereocenters. The third-order valence-electron chi connectivity index (χ3n) is 6.86. The first-order valence-corrected chi connectivity index (χ1v) is 12.8. The first-order valence-electron chi connectivity index (χ1n) is 11.8. The van der Waals surface area contributed by atoms with Crippen LogP contribution in [0, 0.1) is 0 Å². The van der Waals surface area contributed by atoms with Gasteiger partial charge >= 0.3 is 0 Å². The number of hydrogen-bond donors (Lipinski definition) is 3. The number of rotatable bonds is 7. The van der Waals surface area contributed by atoms with Crippen LogP contribution in [-0.4, -0.2) is 45.5 Å². The van der Waals surface area contributed by atoms with Crippen molar-refractivity contribution < 1.29 is 14.6 Å². The van der Waals surface area contributed by atoms with E-state index in [1.54, 1.807) is 7.11 Å². The molecule has 1 fully saturated rings. The molecule has 34 heavy (non-hydrogen) atoms. The molecule has 1 aromatic carbocycles. The van der Waals surface area contributed by atoms with Crippen LogP contribution in [0.2, 0.25) is 0 Å². The van der Waals surface area contributed by atoms with E-state index in [4.69, 9.17) is 4.74 Å². The number of ether oxygens (including phenoxy) is 1. The molecule has 1 amide bonds. The number of fused-ring (bicyclic) bond motifs is 2. The Kier molecular flexibility index (Phi) is 6.72. The van der Waals surface area contributed by atoms with Gasteiger partial charge in [-0.3, -0.25) is 4.79 Å². The first kappa shape index (κ1) is 23.1. The summed E-state index contributed by atoms with van der Waals surface area (Å²) in [6, 6.07) is 12.2. The Bertz CT molecular complexity index is 1200. The van der Waals surface area contributed by atoms with Gasteiger partial charge < -0.3 is 20.5 Å².